The lowest BCUT2D eigenvalue weighted by molar-refractivity contribution is 0.102. The second-order valence-electron chi connectivity index (χ2n) is 2.78. The van der Waals surface area contributed by atoms with E-state index in [1.165, 1.54) is 11.3 Å². The van der Waals surface area contributed by atoms with Crippen molar-refractivity contribution < 1.29 is 9.90 Å². The van der Waals surface area contributed by atoms with Gasteiger partial charge in [-0.05, 0) is 19.1 Å². The van der Waals surface area contributed by atoms with Crippen LogP contribution in [-0.2, 0) is 6.61 Å². The molecule has 0 saturated heterocycles. The summed E-state index contributed by atoms with van der Waals surface area (Å²) in [7, 11) is 0. The van der Waals surface area contributed by atoms with Gasteiger partial charge in [0, 0.05) is 10.3 Å². The lowest BCUT2D eigenvalue weighted by atomic mass is 10.3. The Morgan fingerprint density at radius 1 is 1.46 bits per heavy atom. The zero-order valence-corrected chi connectivity index (χ0v) is 8.67. The van der Waals surface area contributed by atoms with Gasteiger partial charge in [-0.25, -0.2) is 0 Å². The third-order valence-electron chi connectivity index (χ3n) is 1.77. The van der Waals surface area contributed by atoms with Crippen LogP contribution in [0, 0.1) is 0 Å². The van der Waals surface area contributed by atoms with E-state index in [0.29, 0.717) is 0 Å². The second-order valence-corrected chi connectivity index (χ2v) is 5.23. The predicted molar refractivity (Wildman–Crippen MR) is 55.6 cm³/mol. The number of carbonyl (C=O) groups excluding carboxylic acids is 1. The van der Waals surface area contributed by atoms with Crippen LogP contribution in [0.4, 0.5) is 0 Å². The highest BCUT2D eigenvalue weighted by Gasteiger charge is 2.08. The Hall–Kier alpha value is -0.710. The van der Waals surface area contributed by atoms with E-state index < -0.39 is 0 Å². The lowest BCUT2D eigenvalue weighted by Gasteiger charge is -1.84. The summed E-state index contributed by atoms with van der Waals surface area (Å²) in [5, 5.41) is 9.96. The Kier molecular flexibility index (Phi) is 2.19. The van der Waals surface area contributed by atoms with Crippen molar-refractivity contribution in [3.05, 3.63) is 21.9 Å². The molecule has 0 aliphatic carbocycles. The van der Waals surface area contributed by atoms with E-state index in [1.54, 1.807) is 18.3 Å². The largest absolute Gasteiger partial charge is 0.391 e. The van der Waals surface area contributed by atoms with Crippen molar-refractivity contribution in [3.63, 3.8) is 0 Å². The molecule has 2 aromatic heterocycles. The molecule has 0 radical (unpaired) electrons. The number of Topliss-reactive ketones (excluding diaryl/α,β-unsaturated/α-hetero) is 1. The zero-order chi connectivity index (χ0) is 9.42. The second kappa shape index (κ2) is 3.21. The quantitative estimate of drug-likeness (QED) is 0.777. The summed E-state index contributed by atoms with van der Waals surface area (Å²) in [6, 6.07) is 3.82. The van der Waals surface area contributed by atoms with Gasteiger partial charge in [-0.15, -0.1) is 22.7 Å². The van der Waals surface area contributed by atoms with Crippen LogP contribution in [0.25, 0.3) is 9.40 Å². The van der Waals surface area contributed by atoms with E-state index in [1.807, 2.05) is 12.1 Å². The number of fused-ring (bicyclic) bond motifs is 1. The first-order valence-electron chi connectivity index (χ1n) is 3.85. The number of hydrogen-bond acceptors (Lipinski definition) is 4. The molecular formula is C9H8O2S2. The minimum Gasteiger partial charge on any atom is -0.391 e. The molecule has 0 atom stereocenters. The van der Waals surface area contributed by atoms with Crippen molar-refractivity contribution in [2.45, 2.75) is 13.5 Å². The average Bonchev–Trinajstić information content (AvgIpc) is 2.58. The zero-order valence-electron chi connectivity index (χ0n) is 7.03. The summed E-state index contributed by atoms with van der Waals surface area (Å²) < 4.78 is 1.12. The maximum Gasteiger partial charge on any atom is 0.169 e. The molecule has 0 aliphatic rings. The summed E-state index contributed by atoms with van der Waals surface area (Å²) in [5.74, 6) is 0.110. The monoisotopic (exact) mass is 212 g/mol. The van der Waals surface area contributed by atoms with Crippen molar-refractivity contribution in [1.82, 2.24) is 0 Å². The van der Waals surface area contributed by atoms with Gasteiger partial charge in [-0.2, -0.15) is 0 Å². The van der Waals surface area contributed by atoms with Gasteiger partial charge in [0.05, 0.1) is 15.5 Å². The van der Waals surface area contributed by atoms with Crippen molar-refractivity contribution in [1.29, 1.82) is 0 Å². The van der Waals surface area contributed by atoms with E-state index in [2.05, 4.69) is 0 Å². The van der Waals surface area contributed by atoms with E-state index >= 15 is 0 Å². The maximum absolute atomic E-state index is 11.0. The van der Waals surface area contributed by atoms with Gasteiger partial charge >= 0.3 is 0 Å². The Morgan fingerprint density at radius 3 is 2.77 bits per heavy atom. The third-order valence-corrected chi connectivity index (χ3v) is 4.24. The Morgan fingerprint density at radius 2 is 2.23 bits per heavy atom. The molecule has 2 rings (SSSR count). The number of rotatable bonds is 2. The normalized spacial score (nSPS) is 10.9. The first kappa shape index (κ1) is 8.87. The summed E-state index contributed by atoms with van der Waals surface area (Å²) in [6.45, 7) is 1.66. The molecule has 0 fully saturated rings. The van der Waals surface area contributed by atoms with E-state index in [9.17, 15) is 4.79 Å². The van der Waals surface area contributed by atoms with Crippen LogP contribution in [-0.4, -0.2) is 10.9 Å². The molecule has 13 heavy (non-hydrogen) atoms. The highest BCUT2D eigenvalue weighted by Crippen LogP contribution is 2.33. The summed E-state index contributed by atoms with van der Waals surface area (Å²) in [6.07, 6.45) is 0. The van der Waals surface area contributed by atoms with Crippen molar-refractivity contribution in [2.24, 2.45) is 0 Å². The van der Waals surface area contributed by atoms with Crippen molar-refractivity contribution >= 4 is 37.9 Å². The fourth-order valence-corrected chi connectivity index (χ4v) is 3.39. The summed E-state index contributed by atoms with van der Waals surface area (Å²) >= 11 is 3.05. The fourth-order valence-electron chi connectivity index (χ4n) is 1.14. The number of thiophene rings is 2. The van der Waals surface area contributed by atoms with Gasteiger partial charge < -0.3 is 5.11 Å². The minimum absolute atomic E-state index is 0.0848. The van der Waals surface area contributed by atoms with Crippen LogP contribution in [0.1, 0.15) is 21.5 Å². The van der Waals surface area contributed by atoms with Gasteiger partial charge in [-0.3, -0.25) is 4.79 Å². The Balaban J connectivity index is 2.54. The maximum atomic E-state index is 11.0. The van der Waals surface area contributed by atoms with Crippen LogP contribution in [0.2, 0.25) is 0 Å². The molecular weight excluding hydrogens is 204 g/mol. The van der Waals surface area contributed by atoms with Gasteiger partial charge in [0.15, 0.2) is 5.78 Å². The first-order chi connectivity index (χ1) is 6.20. The summed E-state index contributed by atoms with van der Waals surface area (Å²) in [4.78, 5) is 12.8. The highest BCUT2D eigenvalue weighted by molar-refractivity contribution is 7.39. The molecule has 0 spiro atoms. The molecule has 0 bridgehead atoms. The van der Waals surface area contributed by atoms with Crippen LogP contribution in [0.3, 0.4) is 0 Å². The number of aliphatic hydroxyl groups excluding tert-OH is 1. The van der Waals surface area contributed by atoms with E-state index in [4.69, 9.17) is 5.11 Å². The number of carbonyl (C=O) groups is 1. The van der Waals surface area contributed by atoms with Gasteiger partial charge in [-0.1, -0.05) is 0 Å². The smallest absolute Gasteiger partial charge is 0.169 e. The average molecular weight is 212 g/mol. The molecule has 68 valence electrons. The van der Waals surface area contributed by atoms with Gasteiger partial charge in [0.1, 0.15) is 0 Å². The molecule has 0 aliphatic heterocycles. The topological polar surface area (TPSA) is 37.3 Å². The minimum atomic E-state index is 0.0848. The Bertz CT molecular complexity index is 422. The molecule has 2 nitrogen and oxygen atoms in total. The van der Waals surface area contributed by atoms with Crippen LogP contribution in [0.5, 0.6) is 0 Å². The molecule has 0 aromatic carbocycles. The molecule has 0 saturated carbocycles. The molecule has 1 N–H and O–H groups in total. The highest BCUT2D eigenvalue weighted by atomic mass is 32.2. The molecule has 0 unspecified atom stereocenters. The SMILES string of the molecule is CC(=O)c1cc2cc(CO)sc2s1. The third kappa shape index (κ3) is 1.52. The van der Waals surface area contributed by atoms with Crippen LogP contribution in [0.15, 0.2) is 12.1 Å². The van der Waals surface area contributed by atoms with Crippen LogP contribution >= 0.6 is 22.7 Å². The number of ketones is 1. The first-order valence-corrected chi connectivity index (χ1v) is 5.48. The molecule has 4 heteroatoms. The van der Waals surface area contributed by atoms with Crippen LogP contribution < -0.4 is 0 Å². The molecule has 2 heterocycles. The molecule has 0 amide bonds. The standard InChI is InChI=1S/C9H8O2S2/c1-5(11)8-3-6-2-7(4-10)12-9(6)13-8/h2-3,10H,4H2,1H3. The van der Waals surface area contributed by atoms with Gasteiger partial charge in [0.25, 0.3) is 0 Å². The number of hydrogen-bond donors (Lipinski definition) is 1. The fraction of sp³-hybridized carbons (Fsp3) is 0.222. The predicted octanol–water partition coefficient (Wildman–Crippen LogP) is 2.66. The van der Waals surface area contributed by atoms with Gasteiger partial charge in [0.2, 0.25) is 0 Å². The Labute approximate surface area is 83.4 Å². The summed E-state index contributed by atoms with van der Waals surface area (Å²) in [5.41, 5.74) is 0. The van der Waals surface area contributed by atoms with E-state index in [-0.39, 0.29) is 12.4 Å². The van der Waals surface area contributed by atoms with Crippen molar-refractivity contribution in [2.75, 3.05) is 0 Å². The van der Waals surface area contributed by atoms with E-state index in [0.717, 1.165) is 19.2 Å². The van der Waals surface area contributed by atoms with Crippen molar-refractivity contribution in [3.8, 4) is 0 Å². The lowest BCUT2D eigenvalue weighted by Crippen LogP contribution is -1.83. The number of aliphatic hydroxyl groups is 1. The molecule has 2 aromatic rings.